The van der Waals surface area contributed by atoms with E-state index in [0.29, 0.717) is 46.9 Å². The molecule has 8 nitrogen and oxygen atoms in total. The molecule has 1 aliphatic rings. The summed E-state index contributed by atoms with van der Waals surface area (Å²) in [4.78, 5) is 34.8. The third kappa shape index (κ3) is 4.49. The van der Waals surface area contributed by atoms with E-state index in [1.807, 2.05) is 39.0 Å². The number of rotatable bonds is 7. The van der Waals surface area contributed by atoms with E-state index in [-0.39, 0.29) is 11.4 Å². The second-order valence-corrected chi connectivity index (χ2v) is 10.4. The van der Waals surface area contributed by atoms with Crippen molar-refractivity contribution >= 4 is 28.2 Å². The number of hydrogen-bond acceptors (Lipinski definition) is 6. The van der Waals surface area contributed by atoms with Crippen molar-refractivity contribution in [2.24, 2.45) is 5.73 Å². The maximum absolute atomic E-state index is 13.8. The first-order chi connectivity index (χ1) is 19.7. The smallest absolute Gasteiger partial charge is 0.266 e. The molecular formula is C32H28FN5O3. The van der Waals surface area contributed by atoms with Gasteiger partial charge in [-0.05, 0) is 111 Å². The number of hydrogen-bond donors (Lipinski definition) is 2. The van der Waals surface area contributed by atoms with Gasteiger partial charge in [-0.25, -0.2) is 9.37 Å². The SMILES string of the molecule is Cc1c(Nc2nccc3cc(C)n(-c4ccc(F)cc4)c(=O)c23)ccc(Oc2cccnc2C2(C(N)=O)CC2)c1C. The molecule has 1 amide bonds. The summed E-state index contributed by atoms with van der Waals surface area (Å²) in [5.41, 5.74) is 9.02. The fraction of sp³-hybridized carbons (Fsp3) is 0.188. The number of pyridine rings is 3. The summed E-state index contributed by atoms with van der Waals surface area (Å²) in [6, 6.07) is 16.8. The Hall–Kier alpha value is -5.05. The van der Waals surface area contributed by atoms with Crippen molar-refractivity contribution in [2.75, 3.05) is 5.32 Å². The molecule has 0 spiro atoms. The van der Waals surface area contributed by atoms with Crippen LogP contribution in [0.1, 0.15) is 35.4 Å². The zero-order valence-corrected chi connectivity index (χ0v) is 22.9. The molecular weight excluding hydrogens is 521 g/mol. The van der Waals surface area contributed by atoms with Crippen molar-refractivity contribution in [2.45, 2.75) is 39.0 Å². The van der Waals surface area contributed by atoms with Crippen LogP contribution in [0.4, 0.5) is 15.9 Å². The maximum Gasteiger partial charge on any atom is 0.266 e. The number of carbonyl (C=O) groups is 1. The minimum Gasteiger partial charge on any atom is -0.455 e. The van der Waals surface area contributed by atoms with Gasteiger partial charge in [-0.2, -0.15) is 0 Å². The molecule has 6 rings (SSSR count). The summed E-state index contributed by atoms with van der Waals surface area (Å²) in [6.45, 7) is 5.73. The molecule has 3 heterocycles. The Kier molecular flexibility index (Phi) is 6.29. The van der Waals surface area contributed by atoms with Gasteiger partial charge in [-0.1, -0.05) is 0 Å². The lowest BCUT2D eigenvalue weighted by Crippen LogP contribution is -2.29. The van der Waals surface area contributed by atoms with Gasteiger partial charge in [-0.15, -0.1) is 0 Å². The standard InChI is InChI=1S/C32H28FN5O3/c1-18-17-21-12-16-36-29(27(21)30(39)38(18)23-8-6-22(33)7-9-23)37-24-10-11-25(20(3)19(24)2)41-26-5-4-15-35-28(26)32(13-14-32)31(34)40/h4-12,15-17H,13-14H2,1-3H3,(H2,34,40)(H,36,37). The van der Waals surface area contributed by atoms with Crippen LogP contribution in [0.15, 0.2) is 77.9 Å². The van der Waals surface area contributed by atoms with Crippen molar-refractivity contribution in [3.8, 4) is 17.2 Å². The summed E-state index contributed by atoms with van der Waals surface area (Å²) in [6.07, 6.45) is 4.59. The summed E-state index contributed by atoms with van der Waals surface area (Å²) < 4.78 is 21.4. The van der Waals surface area contributed by atoms with Crippen molar-refractivity contribution in [3.05, 3.63) is 112 Å². The monoisotopic (exact) mass is 549 g/mol. The first kappa shape index (κ1) is 26.2. The second kappa shape index (κ2) is 9.85. The average molecular weight is 550 g/mol. The summed E-state index contributed by atoms with van der Waals surface area (Å²) in [7, 11) is 0. The molecule has 0 bridgehead atoms. The molecule has 206 valence electrons. The van der Waals surface area contributed by atoms with E-state index in [1.54, 1.807) is 47.3 Å². The first-order valence-electron chi connectivity index (χ1n) is 13.3. The van der Waals surface area contributed by atoms with Crippen molar-refractivity contribution in [1.29, 1.82) is 0 Å². The highest BCUT2D eigenvalue weighted by molar-refractivity contribution is 5.93. The molecule has 5 aromatic rings. The van der Waals surface area contributed by atoms with E-state index in [4.69, 9.17) is 10.5 Å². The van der Waals surface area contributed by atoms with Gasteiger partial charge < -0.3 is 15.8 Å². The number of primary amides is 1. The van der Waals surface area contributed by atoms with Crippen LogP contribution in [0.3, 0.4) is 0 Å². The van der Waals surface area contributed by atoms with Crippen molar-refractivity contribution < 1.29 is 13.9 Å². The summed E-state index contributed by atoms with van der Waals surface area (Å²) in [5.74, 6) is 0.750. The fourth-order valence-electron chi connectivity index (χ4n) is 5.23. The van der Waals surface area contributed by atoms with Crippen LogP contribution in [0.5, 0.6) is 11.5 Å². The fourth-order valence-corrected chi connectivity index (χ4v) is 5.23. The molecule has 0 unspecified atom stereocenters. The number of aryl methyl sites for hydroxylation is 1. The zero-order chi connectivity index (χ0) is 28.9. The highest BCUT2D eigenvalue weighted by Crippen LogP contribution is 2.50. The quantitative estimate of drug-likeness (QED) is 0.262. The highest BCUT2D eigenvalue weighted by atomic mass is 19.1. The average Bonchev–Trinajstić information content (AvgIpc) is 3.76. The molecule has 9 heteroatoms. The molecule has 2 aromatic carbocycles. The van der Waals surface area contributed by atoms with Crippen LogP contribution in [0, 0.1) is 26.6 Å². The number of nitrogens with zero attached hydrogens (tertiary/aromatic N) is 3. The number of ether oxygens (including phenoxy) is 1. The predicted molar refractivity (Wildman–Crippen MR) is 156 cm³/mol. The van der Waals surface area contributed by atoms with E-state index >= 15 is 0 Å². The van der Waals surface area contributed by atoms with E-state index in [1.165, 1.54) is 12.1 Å². The Morgan fingerprint density at radius 1 is 0.976 bits per heavy atom. The van der Waals surface area contributed by atoms with Crippen LogP contribution in [0.2, 0.25) is 0 Å². The number of nitrogens with one attached hydrogen (secondary N) is 1. The van der Waals surface area contributed by atoms with Gasteiger partial charge in [0, 0.05) is 29.5 Å². The van der Waals surface area contributed by atoms with Gasteiger partial charge in [0.2, 0.25) is 5.91 Å². The van der Waals surface area contributed by atoms with Gasteiger partial charge in [0.1, 0.15) is 23.1 Å². The lowest BCUT2D eigenvalue weighted by molar-refractivity contribution is -0.120. The van der Waals surface area contributed by atoms with E-state index in [0.717, 1.165) is 27.9 Å². The Morgan fingerprint density at radius 3 is 2.44 bits per heavy atom. The Morgan fingerprint density at radius 2 is 1.73 bits per heavy atom. The van der Waals surface area contributed by atoms with Gasteiger partial charge in [0.15, 0.2) is 0 Å². The maximum atomic E-state index is 13.8. The molecule has 0 atom stereocenters. The lowest BCUT2D eigenvalue weighted by Gasteiger charge is -2.19. The van der Waals surface area contributed by atoms with Crippen LogP contribution >= 0.6 is 0 Å². The van der Waals surface area contributed by atoms with Crippen LogP contribution < -0.4 is 21.3 Å². The third-order valence-electron chi connectivity index (χ3n) is 7.86. The first-order valence-corrected chi connectivity index (χ1v) is 13.3. The van der Waals surface area contributed by atoms with Crippen molar-refractivity contribution in [1.82, 2.24) is 14.5 Å². The molecule has 3 N–H and O–H groups in total. The molecule has 1 aliphatic carbocycles. The molecule has 0 saturated heterocycles. The number of amides is 1. The number of halogens is 1. The predicted octanol–water partition coefficient (Wildman–Crippen LogP) is 5.90. The third-order valence-corrected chi connectivity index (χ3v) is 7.86. The molecule has 1 fully saturated rings. The van der Waals surface area contributed by atoms with Gasteiger partial charge in [-0.3, -0.25) is 19.1 Å². The molecule has 3 aromatic heterocycles. The van der Waals surface area contributed by atoms with Gasteiger partial charge >= 0.3 is 0 Å². The molecule has 0 aliphatic heterocycles. The van der Waals surface area contributed by atoms with Crippen molar-refractivity contribution in [3.63, 3.8) is 0 Å². The Bertz CT molecular complexity index is 1900. The summed E-state index contributed by atoms with van der Waals surface area (Å²) >= 11 is 0. The van der Waals surface area contributed by atoms with E-state index in [9.17, 15) is 14.0 Å². The Labute approximate surface area is 235 Å². The zero-order valence-electron chi connectivity index (χ0n) is 22.9. The summed E-state index contributed by atoms with van der Waals surface area (Å²) in [5, 5.41) is 4.50. The van der Waals surface area contributed by atoms with Gasteiger partial charge in [0.25, 0.3) is 5.56 Å². The number of aromatic nitrogens is 3. The topological polar surface area (TPSA) is 112 Å². The van der Waals surface area contributed by atoms with Gasteiger partial charge in [0.05, 0.1) is 16.5 Å². The van der Waals surface area contributed by atoms with Crippen LogP contribution in [-0.4, -0.2) is 20.4 Å². The minimum absolute atomic E-state index is 0.260. The van der Waals surface area contributed by atoms with Crippen LogP contribution in [0.25, 0.3) is 16.5 Å². The number of fused-ring (bicyclic) bond motifs is 1. The van der Waals surface area contributed by atoms with E-state index < -0.39 is 11.3 Å². The molecule has 41 heavy (non-hydrogen) atoms. The normalized spacial score (nSPS) is 13.7. The number of anilines is 2. The molecule has 0 radical (unpaired) electrons. The number of carbonyl (C=O) groups excluding carboxylic acids is 1. The lowest BCUT2D eigenvalue weighted by atomic mass is 10.00. The molecule has 1 saturated carbocycles. The number of nitrogens with two attached hydrogens (primary N) is 1. The van der Waals surface area contributed by atoms with E-state index in [2.05, 4.69) is 15.3 Å². The minimum atomic E-state index is -0.778. The van der Waals surface area contributed by atoms with Crippen LogP contribution in [-0.2, 0) is 10.2 Å². The number of benzene rings is 2. The second-order valence-electron chi connectivity index (χ2n) is 10.4. The highest BCUT2D eigenvalue weighted by Gasteiger charge is 2.53. The Balaban J connectivity index is 1.37. The largest absolute Gasteiger partial charge is 0.455 e.